The van der Waals surface area contributed by atoms with Crippen molar-refractivity contribution in [3.05, 3.63) is 12.4 Å². The fraction of sp³-hybridized carbons (Fsp3) is 0.636. The van der Waals surface area contributed by atoms with Crippen LogP contribution in [0.3, 0.4) is 0 Å². The molecule has 0 amide bonds. The van der Waals surface area contributed by atoms with Crippen molar-refractivity contribution in [3.8, 4) is 0 Å². The zero-order chi connectivity index (χ0) is 12.8. The Morgan fingerprint density at radius 1 is 1.33 bits per heavy atom. The van der Waals surface area contributed by atoms with E-state index in [0.717, 1.165) is 18.8 Å². The molecule has 2 aliphatic rings. The predicted molar refractivity (Wildman–Crippen MR) is 66.0 cm³/mol. The summed E-state index contributed by atoms with van der Waals surface area (Å²) in [6, 6.07) is 0. The van der Waals surface area contributed by atoms with Crippen LogP contribution < -0.4 is 10.5 Å². The third-order valence-corrected chi connectivity index (χ3v) is 5.26. The second-order valence-electron chi connectivity index (χ2n) is 5.24. The molecule has 0 spiro atoms. The van der Waals surface area contributed by atoms with E-state index < -0.39 is 10.0 Å². The molecule has 18 heavy (non-hydrogen) atoms. The Kier molecular flexibility index (Phi) is 2.56. The molecule has 0 radical (unpaired) electrons. The lowest BCUT2D eigenvalue weighted by Gasteiger charge is -2.14. The molecule has 2 saturated carbocycles. The first-order valence-electron chi connectivity index (χ1n) is 6.09. The number of hydrogen-bond acceptors (Lipinski definition) is 5. The van der Waals surface area contributed by atoms with Crippen LogP contribution in [0.4, 0.5) is 5.95 Å². The lowest BCUT2D eigenvalue weighted by Crippen LogP contribution is -2.31. The number of rotatable bonds is 5. The van der Waals surface area contributed by atoms with E-state index in [1.165, 1.54) is 25.2 Å². The van der Waals surface area contributed by atoms with E-state index in [-0.39, 0.29) is 16.3 Å². The molecular formula is C11H16N4O2S. The molecule has 0 bridgehead atoms. The van der Waals surface area contributed by atoms with E-state index in [0.29, 0.717) is 6.54 Å². The van der Waals surface area contributed by atoms with Crippen molar-refractivity contribution in [3.63, 3.8) is 0 Å². The molecule has 3 rings (SSSR count). The topological polar surface area (TPSA) is 98.0 Å². The van der Waals surface area contributed by atoms with Crippen molar-refractivity contribution in [2.45, 2.75) is 30.6 Å². The molecule has 2 aliphatic carbocycles. The summed E-state index contributed by atoms with van der Waals surface area (Å²) in [5.74, 6) is 0.800. The second kappa shape index (κ2) is 3.89. The number of anilines is 1. The third-order valence-electron chi connectivity index (χ3n) is 3.91. The van der Waals surface area contributed by atoms with Crippen molar-refractivity contribution >= 4 is 16.0 Å². The molecule has 0 aromatic carbocycles. The first kappa shape index (κ1) is 11.9. The van der Waals surface area contributed by atoms with Crippen LogP contribution in [0.2, 0.25) is 0 Å². The van der Waals surface area contributed by atoms with E-state index in [9.17, 15) is 8.42 Å². The summed E-state index contributed by atoms with van der Waals surface area (Å²) in [6.45, 7) is 0.532. The van der Waals surface area contributed by atoms with Gasteiger partial charge in [0.25, 0.3) is 0 Å². The van der Waals surface area contributed by atoms with Gasteiger partial charge in [0.2, 0.25) is 16.0 Å². The summed E-state index contributed by atoms with van der Waals surface area (Å²) >= 11 is 0. The van der Waals surface area contributed by atoms with Gasteiger partial charge in [-0.3, -0.25) is 0 Å². The van der Waals surface area contributed by atoms with Crippen molar-refractivity contribution < 1.29 is 8.42 Å². The Morgan fingerprint density at radius 2 is 1.94 bits per heavy atom. The molecule has 1 aromatic heterocycles. The molecule has 0 atom stereocenters. The molecule has 2 fully saturated rings. The smallest absolute Gasteiger partial charge is 0.243 e. The van der Waals surface area contributed by atoms with Gasteiger partial charge < -0.3 is 5.73 Å². The summed E-state index contributed by atoms with van der Waals surface area (Å²) in [5, 5.41) is 0. The number of nitrogen functional groups attached to an aromatic ring is 1. The summed E-state index contributed by atoms with van der Waals surface area (Å²) in [5.41, 5.74) is 5.57. The van der Waals surface area contributed by atoms with Crippen LogP contribution in [0.1, 0.15) is 25.7 Å². The minimum atomic E-state index is -3.51. The van der Waals surface area contributed by atoms with Gasteiger partial charge in [0.05, 0.1) is 12.4 Å². The highest BCUT2D eigenvalue weighted by atomic mass is 32.2. The molecule has 7 heteroatoms. The molecule has 1 heterocycles. The van der Waals surface area contributed by atoms with Crippen molar-refractivity contribution in [2.24, 2.45) is 11.3 Å². The molecule has 3 N–H and O–H groups in total. The molecule has 0 aliphatic heterocycles. The predicted octanol–water partition coefficient (Wildman–Crippen LogP) is 0.527. The van der Waals surface area contributed by atoms with Gasteiger partial charge >= 0.3 is 0 Å². The van der Waals surface area contributed by atoms with Gasteiger partial charge in [-0.2, -0.15) is 0 Å². The quantitative estimate of drug-likeness (QED) is 0.811. The van der Waals surface area contributed by atoms with Crippen LogP contribution >= 0.6 is 0 Å². The highest BCUT2D eigenvalue weighted by Gasteiger charge is 2.53. The molecule has 98 valence electrons. The molecule has 6 nitrogen and oxygen atoms in total. The number of sulfonamides is 1. The van der Waals surface area contributed by atoms with Crippen LogP contribution in [0, 0.1) is 11.3 Å². The average molecular weight is 268 g/mol. The first-order valence-corrected chi connectivity index (χ1v) is 7.57. The van der Waals surface area contributed by atoms with Crippen LogP contribution in [0.15, 0.2) is 17.3 Å². The number of hydrogen-bond donors (Lipinski definition) is 2. The zero-order valence-corrected chi connectivity index (χ0v) is 10.8. The molecule has 0 saturated heterocycles. The van der Waals surface area contributed by atoms with Gasteiger partial charge in [0.15, 0.2) is 0 Å². The lowest BCUT2D eigenvalue weighted by molar-refractivity contribution is 0.432. The maximum Gasteiger partial charge on any atom is 0.243 e. The van der Waals surface area contributed by atoms with E-state index in [1.807, 2.05) is 0 Å². The van der Waals surface area contributed by atoms with Crippen LogP contribution in [-0.2, 0) is 10.0 Å². The van der Waals surface area contributed by atoms with Crippen molar-refractivity contribution in [2.75, 3.05) is 12.3 Å². The van der Waals surface area contributed by atoms with E-state index in [4.69, 9.17) is 5.73 Å². The average Bonchev–Trinajstić information content (AvgIpc) is 3.19. The minimum absolute atomic E-state index is 0.0725. The van der Waals surface area contributed by atoms with Gasteiger partial charge in [-0.1, -0.05) is 0 Å². The van der Waals surface area contributed by atoms with Gasteiger partial charge in [-0.25, -0.2) is 23.1 Å². The van der Waals surface area contributed by atoms with Crippen LogP contribution in [-0.4, -0.2) is 24.9 Å². The van der Waals surface area contributed by atoms with Gasteiger partial charge in [0.1, 0.15) is 4.90 Å². The molecule has 1 aromatic rings. The molecular weight excluding hydrogens is 252 g/mol. The standard InChI is InChI=1S/C11H16N4O2S/c12-10-13-5-9(6-14-10)18(16,17)15-7-11(3-4-11)8-1-2-8/h5-6,8,15H,1-4,7H2,(H2,12,13,14). The monoisotopic (exact) mass is 268 g/mol. The van der Waals surface area contributed by atoms with Gasteiger partial charge in [0, 0.05) is 6.54 Å². The Bertz CT molecular complexity index is 547. The highest BCUT2D eigenvalue weighted by molar-refractivity contribution is 7.89. The fourth-order valence-corrected chi connectivity index (χ4v) is 3.40. The van der Waals surface area contributed by atoms with Crippen molar-refractivity contribution in [1.82, 2.24) is 14.7 Å². The minimum Gasteiger partial charge on any atom is -0.368 e. The molecule has 0 unspecified atom stereocenters. The van der Waals surface area contributed by atoms with E-state index >= 15 is 0 Å². The Morgan fingerprint density at radius 3 is 2.44 bits per heavy atom. The maximum absolute atomic E-state index is 12.0. The van der Waals surface area contributed by atoms with E-state index in [1.54, 1.807) is 0 Å². The van der Waals surface area contributed by atoms with Crippen LogP contribution in [0.5, 0.6) is 0 Å². The maximum atomic E-state index is 12.0. The highest BCUT2D eigenvalue weighted by Crippen LogP contribution is 2.60. The summed E-state index contributed by atoms with van der Waals surface area (Å²) in [6.07, 6.45) is 7.24. The Labute approximate surface area is 106 Å². The zero-order valence-electron chi connectivity index (χ0n) is 9.96. The summed E-state index contributed by atoms with van der Waals surface area (Å²) in [7, 11) is -3.51. The number of nitrogens with two attached hydrogens (primary N) is 1. The fourth-order valence-electron chi connectivity index (χ4n) is 2.37. The first-order chi connectivity index (χ1) is 8.52. The van der Waals surface area contributed by atoms with Gasteiger partial charge in [-0.15, -0.1) is 0 Å². The largest absolute Gasteiger partial charge is 0.368 e. The van der Waals surface area contributed by atoms with Crippen LogP contribution in [0.25, 0.3) is 0 Å². The second-order valence-corrected chi connectivity index (χ2v) is 7.01. The summed E-state index contributed by atoms with van der Waals surface area (Å²) < 4.78 is 26.7. The van der Waals surface area contributed by atoms with Gasteiger partial charge in [-0.05, 0) is 37.0 Å². The number of aromatic nitrogens is 2. The Balaban J connectivity index is 1.69. The Hall–Kier alpha value is -1.21. The number of nitrogens with zero attached hydrogens (tertiary/aromatic N) is 2. The summed E-state index contributed by atoms with van der Waals surface area (Å²) in [4.78, 5) is 7.47. The number of nitrogens with one attached hydrogen (secondary N) is 1. The lowest BCUT2D eigenvalue weighted by atomic mass is 10.0. The van der Waals surface area contributed by atoms with E-state index in [2.05, 4.69) is 14.7 Å². The van der Waals surface area contributed by atoms with Crippen molar-refractivity contribution in [1.29, 1.82) is 0 Å². The SMILES string of the molecule is Nc1ncc(S(=O)(=O)NCC2(C3CC3)CC2)cn1. The third kappa shape index (κ3) is 2.20. The normalized spacial score (nSPS) is 21.8.